The minimum atomic E-state index is -0.594. The first-order valence-corrected chi connectivity index (χ1v) is 5.97. The van der Waals surface area contributed by atoms with Crippen LogP contribution in [0.1, 0.15) is 27.8 Å². The second-order valence-corrected chi connectivity index (χ2v) is 4.32. The zero-order chi connectivity index (χ0) is 13.3. The van der Waals surface area contributed by atoms with Crippen LogP contribution >= 0.6 is 23.2 Å². The molecule has 2 rings (SSSR count). The van der Waals surface area contributed by atoms with Crippen LogP contribution in [-0.2, 0) is 4.74 Å². The number of benzene rings is 1. The number of aromatic nitrogens is 1. The molecule has 0 aliphatic rings. The van der Waals surface area contributed by atoms with Gasteiger partial charge in [0.15, 0.2) is 6.29 Å². The molecule has 0 aliphatic heterocycles. The van der Waals surface area contributed by atoms with Crippen LogP contribution in [0.5, 0.6) is 0 Å². The molecule has 94 valence electrons. The van der Waals surface area contributed by atoms with Crippen molar-refractivity contribution in [2.24, 2.45) is 0 Å². The molecule has 4 nitrogen and oxygen atoms in total. The number of carbonyl (C=O) groups excluding carboxylic acids is 2. The molecule has 0 atom stereocenters. The molecular formula is C12H9Cl2NO3. The minimum Gasteiger partial charge on any atom is -0.461 e. The number of halogens is 2. The van der Waals surface area contributed by atoms with Crippen molar-refractivity contribution >= 4 is 46.4 Å². The number of aromatic amines is 1. The number of ether oxygens (including phenoxy) is 1. The lowest BCUT2D eigenvalue weighted by Gasteiger charge is -1.99. The Morgan fingerprint density at radius 1 is 1.44 bits per heavy atom. The van der Waals surface area contributed by atoms with Crippen LogP contribution in [0.25, 0.3) is 10.9 Å². The van der Waals surface area contributed by atoms with Crippen molar-refractivity contribution in [1.82, 2.24) is 4.98 Å². The Balaban J connectivity index is 2.73. The number of aldehydes is 1. The topological polar surface area (TPSA) is 59.2 Å². The van der Waals surface area contributed by atoms with Gasteiger partial charge in [0.2, 0.25) is 0 Å². The van der Waals surface area contributed by atoms with E-state index in [1.54, 1.807) is 19.1 Å². The lowest BCUT2D eigenvalue weighted by Crippen LogP contribution is -2.07. The Bertz CT molecular complexity index is 634. The smallest absolute Gasteiger partial charge is 0.355 e. The van der Waals surface area contributed by atoms with Crippen molar-refractivity contribution in [2.75, 3.05) is 6.61 Å². The monoisotopic (exact) mass is 285 g/mol. The summed E-state index contributed by atoms with van der Waals surface area (Å²) < 4.78 is 4.86. The molecule has 0 bridgehead atoms. The van der Waals surface area contributed by atoms with Gasteiger partial charge in [-0.2, -0.15) is 0 Å². The van der Waals surface area contributed by atoms with E-state index < -0.39 is 5.97 Å². The molecule has 1 aromatic heterocycles. The molecule has 0 saturated carbocycles. The van der Waals surface area contributed by atoms with E-state index in [1.165, 1.54) is 0 Å². The molecule has 0 unspecified atom stereocenters. The summed E-state index contributed by atoms with van der Waals surface area (Å²) in [6.45, 7) is 1.91. The first-order chi connectivity index (χ1) is 8.60. The van der Waals surface area contributed by atoms with Crippen molar-refractivity contribution < 1.29 is 14.3 Å². The maximum absolute atomic E-state index is 11.7. The van der Waals surface area contributed by atoms with Crippen LogP contribution in [0.2, 0.25) is 10.0 Å². The second kappa shape index (κ2) is 5.00. The predicted molar refractivity (Wildman–Crippen MR) is 69.7 cm³/mol. The molecule has 0 aliphatic carbocycles. The van der Waals surface area contributed by atoms with Gasteiger partial charge < -0.3 is 9.72 Å². The normalized spacial score (nSPS) is 10.6. The van der Waals surface area contributed by atoms with Gasteiger partial charge in [-0.3, -0.25) is 4.79 Å². The number of hydrogen-bond donors (Lipinski definition) is 1. The van der Waals surface area contributed by atoms with Gasteiger partial charge in [0.05, 0.1) is 22.2 Å². The molecule has 0 spiro atoms. The molecule has 0 saturated heterocycles. The second-order valence-electron chi connectivity index (χ2n) is 3.54. The quantitative estimate of drug-likeness (QED) is 0.694. The summed E-state index contributed by atoms with van der Waals surface area (Å²) in [5.41, 5.74) is 0.816. The van der Waals surface area contributed by atoms with Gasteiger partial charge in [-0.25, -0.2) is 4.79 Å². The maximum atomic E-state index is 11.7. The van der Waals surface area contributed by atoms with Gasteiger partial charge in [0.1, 0.15) is 5.69 Å². The maximum Gasteiger partial charge on any atom is 0.355 e. The fourth-order valence-corrected chi connectivity index (χ4v) is 2.15. The van der Waals surface area contributed by atoms with Crippen LogP contribution in [0.15, 0.2) is 12.1 Å². The van der Waals surface area contributed by atoms with Crippen molar-refractivity contribution in [1.29, 1.82) is 0 Å². The molecule has 6 heteroatoms. The van der Waals surface area contributed by atoms with E-state index in [0.717, 1.165) is 0 Å². The van der Waals surface area contributed by atoms with E-state index >= 15 is 0 Å². The van der Waals surface area contributed by atoms with Crippen molar-refractivity contribution in [3.63, 3.8) is 0 Å². The molecule has 0 radical (unpaired) electrons. The van der Waals surface area contributed by atoms with Crippen LogP contribution in [-0.4, -0.2) is 23.8 Å². The standard InChI is InChI=1S/C12H9Cl2NO3/c1-2-18-12(17)11-6(5-16)9-8(15-11)4-3-7(13)10(9)14/h3-5,15H,2H2,1H3. The Morgan fingerprint density at radius 3 is 2.78 bits per heavy atom. The summed E-state index contributed by atoms with van der Waals surface area (Å²) in [7, 11) is 0. The minimum absolute atomic E-state index is 0.0889. The SMILES string of the molecule is CCOC(=O)c1[nH]c2ccc(Cl)c(Cl)c2c1C=O. The predicted octanol–water partition coefficient (Wildman–Crippen LogP) is 3.46. The van der Waals surface area contributed by atoms with Crippen LogP contribution in [0, 0.1) is 0 Å². The van der Waals surface area contributed by atoms with E-state index in [0.29, 0.717) is 22.2 Å². The number of hydrogen-bond acceptors (Lipinski definition) is 3. The largest absolute Gasteiger partial charge is 0.461 e. The van der Waals surface area contributed by atoms with E-state index in [1.807, 2.05) is 0 Å². The highest BCUT2D eigenvalue weighted by molar-refractivity contribution is 6.46. The van der Waals surface area contributed by atoms with Gasteiger partial charge in [-0.15, -0.1) is 0 Å². The van der Waals surface area contributed by atoms with Crippen molar-refractivity contribution in [2.45, 2.75) is 6.92 Å². The molecule has 1 aromatic carbocycles. The summed E-state index contributed by atoms with van der Waals surface area (Å²) in [5, 5.41) is 0.993. The first kappa shape index (κ1) is 12.9. The van der Waals surface area contributed by atoms with Gasteiger partial charge in [-0.05, 0) is 19.1 Å². The number of H-pyrrole nitrogens is 1. The molecule has 0 amide bonds. The molecule has 1 N–H and O–H groups in total. The van der Waals surface area contributed by atoms with E-state index in [-0.39, 0.29) is 22.9 Å². The number of rotatable bonds is 3. The summed E-state index contributed by atoms with van der Waals surface area (Å²) >= 11 is 11.9. The average Bonchev–Trinajstić information content (AvgIpc) is 2.73. The third kappa shape index (κ3) is 1.98. The molecule has 1 heterocycles. The number of nitrogens with one attached hydrogen (secondary N) is 1. The number of carbonyl (C=O) groups is 2. The van der Waals surface area contributed by atoms with Gasteiger partial charge in [0, 0.05) is 10.9 Å². The number of fused-ring (bicyclic) bond motifs is 1. The zero-order valence-corrected chi connectivity index (χ0v) is 10.9. The third-order valence-electron chi connectivity index (χ3n) is 2.49. The van der Waals surface area contributed by atoms with Gasteiger partial charge in [-0.1, -0.05) is 23.2 Å². The van der Waals surface area contributed by atoms with Crippen LogP contribution in [0.3, 0.4) is 0 Å². The third-order valence-corrected chi connectivity index (χ3v) is 3.29. The summed E-state index contributed by atoms with van der Waals surface area (Å²) in [5.74, 6) is -0.594. The fourth-order valence-electron chi connectivity index (χ4n) is 1.73. The Morgan fingerprint density at radius 2 is 2.17 bits per heavy atom. The van der Waals surface area contributed by atoms with Crippen molar-refractivity contribution in [3.05, 3.63) is 33.4 Å². The Kier molecular flexibility index (Phi) is 3.59. The lowest BCUT2D eigenvalue weighted by atomic mass is 10.1. The fraction of sp³-hybridized carbons (Fsp3) is 0.167. The lowest BCUT2D eigenvalue weighted by molar-refractivity contribution is 0.0518. The Hall–Kier alpha value is -1.52. The van der Waals surface area contributed by atoms with Crippen molar-refractivity contribution in [3.8, 4) is 0 Å². The molecule has 2 aromatic rings. The van der Waals surface area contributed by atoms with Gasteiger partial charge in [0.25, 0.3) is 0 Å². The van der Waals surface area contributed by atoms with E-state index in [9.17, 15) is 9.59 Å². The summed E-state index contributed by atoms with van der Waals surface area (Å²) in [4.78, 5) is 25.7. The molecular weight excluding hydrogens is 277 g/mol. The van der Waals surface area contributed by atoms with E-state index in [2.05, 4.69) is 4.98 Å². The highest BCUT2D eigenvalue weighted by Gasteiger charge is 2.21. The molecule has 0 fully saturated rings. The summed E-state index contributed by atoms with van der Waals surface area (Å²) in [6, 6.07) is 3.24. The average molecular weight is 286 g/mol. The molecule has 18 heavy (non-hydrogen) atoms. The summed E-state index contributed by atoms with van der Waals surface area (Å²) in [6.07, 6.45) is 0.563. The van der Waals surface area contributed by atoms with Crippen LogP contribution < -0.4 is 0 Å². The van der Waals surface area contributed by atoms with Gasteiger partial charge >= 0.3 is 5.97 Å². The van der Waals surface area contributed by atoms with E-state index in [4.69, 9.17) is 27.9 Å². The Labute approximate surface area is 113 Å². The highest BCUT2D eigenvalue weighted by Crippen LogP contribution is 2.34. The first-order valence-electron chi connectivity index (χ1n) is 5.22. The number of esters is 1. The zero-order valence-electron chi connectivity index (χ0n) is 9.42. The highest BCUT2D eigenvalue weighted by atomic mass is 35.5. The van der Waals surface area contributed by atoms with Crippen LogP contribution in [0.4, 0.5) is 0 Å².